The van der Waals surface area contributed by atoms with Gasteiger partial charge in [0.1, 0.15) is 23.9 Å². The standard InChI is InChI=1S/C25H27NO6/c1-5-31-21-12-10-17(14-18(21)16-32-24-9-7-6-8-23(24)30-4)25(27)26-20-15-19(28-2)11-13-22(20)29-3/h6-15H,5,16H2,1-4H3,(H,26,27). The molecule has 0 atom stereocenters. The summed E-state index contributed by atoms with van der Waals surface area (Å²) in [5.41, 5.74) is 1.71. The van der Waals surface area contributed by atoms with Gasteiger partial charge in [0.05, 0.1) is 33.6 Å². The molecule has 0 fully saturated rings. The summed E-state index contributed by atoms with van der Waals surface area (Å²) >= 11 is 0. The minimum Gasteiger partial charge on any atom is -0.497 e. The number of ether oxygens (including phenoxy) is 5. The van der Waals surface area contributed by atoms with Crippen molar-refractivity contribution in [3.63, 3.8) is 0 Å². The molecule has 7 heteroatoms. The molecule has 0 saturated heterocycles. The van der Waals surface area contributed by atoms with Crippen molar-refractivity contribution in [3.05, 3.63) is 71.8 Å². The Bertz CT molecular complexity index is 1070. The Balaban J connectivity index is 1.84. The molecule has 1 N–H and O–H groups in total. The summed E-state index contributed by atoms with van der Waals surface area (Å²) in [6, 6.07) is 17.8. The molecule has 3 rings (SSSR count). The molecule has 0 aliphatic carbocycles. The Hall–Kier alpha value is -3.87. The lowest BCUT2D eigenvalue weighted by atomic mass is 10.1. The molecule has 0 aromatic heterocycles. The number of hydrogen-bond donors (Lipinski definition) is 1. The van der Waals surface area contributed by atoms with Crippen molar-refractivity contribution >= 4 is 11.6 Å². The van der Waals surface area contributed by atoms with Crippen LogP contribution in [-0.2, 0) is 6.61 Å². The first-order chi connectivity index (χ1) is 15.6. The summed E-state index contributed by atoms with van der Waals surface area (Å²) in [5.74, 6) is 2.73. The van der Waals surface area contributed by atoms with Crippen LogP contribution in [0.3, 0.4) is 0 Å². The van der Waals surface area contributed by atoms with Crippen LogP contribution in [-0.4, -0.2) is 33.8 Å². The second-order valence-electron chi connectivity index (χ2n) is 6.72. The summed E-state index contributed by atoms with van der Waals surface area (Å²) in [5, 5.41) is 2.88. The molecule has 3 aromatic rings. The van der Waals surface area contributed by atoms with Crippen molar-refractivity contribution < 1.29 is 28.5 Å². The minimum atomic E-state index is -0.293. The lowest BCUT2D eigenvalue weighted by Crippen LogP contribution is -2.14. The van der Waals surface area contributed by atoms with E-state index in [-0.39, 0.29) is 12.5 Å². The van der Waals surface area contributed by atoms with Crippen LogP contribution >= 0.6 is 0 Å². The van der Waals surface area contributed by atoms with Gasteiger partial charge in [-0.3, -0.25) is 4.79 Å². The second-order valence-corrected chi connectivity index (χ2v) is 6.72. The van der Waals surface area contributed by atoms with E-state index in [0.717, 1.165) is 5.56 Å². The summed E-state index contributed by atoms with van der Waals surface area (Å²) in [7, 11) is 4.70. The molecule has 0 saturated carbocycles. The third-order valence-electron chi connectivity index (χ3n) is 4.73. The molecule has 3 aromatic carbocycles. The average Bonchev–Trinajstić information content (AvgIpc) is 2.83. The first kappa shape index (κ1) is 22.8. The normalized spacial score (nSPS) is 10.2. The first-order valence-corrected chi connectivity index (χ1v) is 10.1. The van der Waals surface area contributed by atoms with E-state index in [9.17, 15) is 4.79 Å². The highest BCUT2D eigenvalue weighted by Gasteiger charge is 2.15. The molecule has 0 aliphatic rings. The Morgan fingerprint density at radius 3 is 2.19 bits per heavy atom. The molecule has 0 unspecified atom stereocenters. The van der Waals surface area contributed by atoms with Crippen LogP contribution in [0.4, 0.5) is 5.69 Å². The smallest absolute Gasteiger partial charge is 0.255 e. The molecule has 0 bridgehead atoms. The topological polar surface area (TPSA) is 75.3 Å². The number of hydrogen-bond acceptors (Lipinski definition) is 6. The van der Waals surface area contributed by atoms with Gasteiger partial charge in [0.15, 0.2) is 11.5 Å². The van der Waals surface area contributed by atoms with Crippen LogP contribution in [0.15, 0.2) is 60.7 Å². The van der Waals surface area contributed by atoms with Crippen LogP contribution in [0, 0.1) is 0 Å². The van der Waals surface area contributed by atoms with Gasteiger partial charge in [0.25, 0.3) is 5.91 Å². The van der Waals surface area contributed by atoms with Gasteiger partial charge in [-0.15, -0.1) is 0 Å². The highest BCUT2D eigenvalue weighted by atomic mass is 16.5. The Kier molecular flexibility index (Phi) is 7.80. The third kappa shape index (κ3) is 5.43. The van der Waals surface area contributed by atoms with E-state index in [0.29, 0.717) is 46.6 Å². The number of benzene rings is 3. The van der Waals surface area contributed by atoms with Crippen molar-refractivity contribution in [1.82, 2.24) is 0 Å². The lowest BCUT2D eigenvalue weighted by molar-refractivity contribution is 0.102. The number of para-hydroxylation sites is 2. The van der Waals surface area contributed by atoms with Crippen molar-refractivity contribution in [1.29, 1.82) is 0 Å². The maximum absolute atomic E-state index is 13.0. The molecule has 32 heavy (non-hydrogen) atoms. The fourth-order valence-corrected chi connectivity index (χ4v) is 3.13. The summed E-state index contributed by atoms with van der Waals surface area (Å²) in [6.45, 7) is 2.61. The van der Waals surface area contributed by atoms with Gasteiger partial charge in [-0.2, -0.15) is 0 Å². The second kappa shape index (κ2) is 10.9. The molecule has 1 amide bonds. The maximum Gasteiger partial charge on any atom is 0.255 e. The van der Waals surface area contributed by atoms with Gasteiger partial charge in [-0.1, -0.05) is 12.1 Å². The highest BCUT2D eigenvalue weighted by Crippen LogP contribution is 2.31. The number of carbonyl (C=O) groups is 1. The summed E-state index contributed by atoms with van der Waals surface area (Å²) in [4.78, 5) is 13.0. The average molecular weight is 437 g/mol. The predicted octanol–water partition coefficient (Wildman–Crippen LogP) is 4.94. The van der Waals surface area contributed by atoms with E-state index in [4.69, 9.17) is 23.7 Å². The van der Waals surface area contributed by atoms with Crippen LogP contribution in [0.5, 0.6) is 28.7 Å². The molecule has 0 aliphatic heterocycles. The first-order valence-electron chi connectivity index (χ1n) is 10.1. The maximum atomic E-state index is 13.0. The predicted molar refractivity (Wildman–Crippen MR) is 122 cm³/mol. The van der Waals surface area contributed by atoms with E-state index in [1.54, 1.807) is 57.7 Å². The zero-order valence-corrected chi connectivity index (χ0v) is 18.6. The van der Waals surface area contributed by atoms with E-state index < -0.39 is 0 Å². The van der Waals surface area contributed by atoms with Crippen LogP contribution in [0.1, 0.15) is 22.8 Å². The van der Waals surface area contributed by atoms with Gasteiger partial charge < -0.3 is 29.0 Å². The number of amides is 1. The van der Waals surface area contributed by atoms with Crippen molar-refractivity contribution in [2.45, 2.75) is 13.5 Å². The fourth-order valence-electron chi connectivity index (χ4n) is 3.13. The van der Waals surface area contributed by atoms with Crippen molar-refractivity contribution in [2.24, 2.45) is 0 Å². The lowest BCUT2D eigenvalue weighted by Gasteiger charge is -2.15. The zero-order chi connectivity index (χ0) is 22.9. The zero-order valence-electron chi connectivity index (χ0n) is 18.6. The molecule has 168 valence electrons. The van der Waals surface area contributed by atoms with Gasteiger partial charge in [-0.25, -0.2) is 0 Å². The molecule has 7 nitrogen and oxygen atoms in total. The Morgan fingerprint density at radius 1 is 0.781 bits per heavy atom. The largest absolute Gasteiger partial charge is 0.497 e. The van der Waals surface area contributed by atoms with Crippen molar-refractivity contribution in [2.75, 3.05) is 33.3 Å². The van der Waals surface area contributed by atoms with Gasteiger partial charge >= 0.3 is 0 Å². The SMILES string of the molecule is CCOc1ccc(C(=O)Nc2cc(OC)ccc2OC)cc1COc1ccccc1OC. The number of nitrogens with one attached hydrogen (secondary N) is 1. The van der Waals surface area contributed by atoms with Gasteiger partial charge in [0.2, 0.25) is 0 Å². The van der Waals surface area contributed by atoms with E-state index in [2.05, 4.69) is 5.32 Å². The molecule has 0 heterocycles. The fraction of sp³-hybridized carbons (Fsp3) is 0.240. The number of carbonyl (C=O) groups excluding carboxylic acids is 1. The van der Waals surface area contributed by atoms with Crippen LogP contribution < -0.4 is 29.0 Å². The van der Waals surface area contributed by atoms with E-state index >= 15 is 0 Å². The van der Waals surface area contributed by atoms with E-state index in [1.807, 2.05) is 31.2 Å². The van der Waals surface area contributed by atoms with Gasteiger partial charge in [0, 0.05) is 17.2 Å². The number of methoxy groups -OCH3 is 3. The molecular formula is C25H27NO6. The highest BCUT2D eigenvalue weighted by molar-refractivity contribution is 6.05. The van der Waals surface area contributed by atoms with Crippen molar-refractivity contribution in [3.8, 4) is 28.7 Å². The summed E-state index contributed by atoms with van der Waals surface area (Å²) < 4.78 is 27.6. The monoisotopic (exact) mass is 437 g/mol. The Labute approximate surface area is 187 Å². The van der Waals surface area contributed by atoms with E-state index in [1.165, 1.54) is 0 Å². The Morgan fingerprint density at radius 2 is 1.50 bits per heavy atom. The minimum absolute atomic E-state index is 0.208. The van der Waals surface area contributed by atoms with Gasteiger partial charge in [-0.05, 0) is 49.4 Å². The number of rotatable bonds is 10. The molecular weight excluding hydrogens is 410 g/mol. The third-order valence-corrected chi connectivity index (χ3v) is 4.73. The van der Waals surface area contributed by atoms with Crippen LogP contribution in [0.25, 0.3) is 0 Å². The summed E-state index contributed by atoms with van der Waals surface area (Å²) in [6.07, 6.45) is 0. The van der Waals surface area contributed by atoms with Crippen LogP contribution in [0.2, 0.25) is 0 Å². The number of anilines is 1. The quantitative estimate of drug-likeness (QED) is 0.484. The molecule has 0 radical (unpaired) electrons. The molecule has 0 spiro atoms.